The Morgan fingerprint density at radius 2 is 2.31 bits per heavy atom. The quantitative estimate of drug-likeness (QED) is 0.693. The minimum absolute atomic E-state index is 0.130. The summed E-state index contributed by atoms with van der Waals surface area (Å²) in [6.07, 6.45) is 2.97. The van der Waals surface area contributed by atoms with Gasteiger partial charge in [-0.3, -0.25) is 9.78 Å². The standard InChI is InChI=1S/C10H14N2O4/c1-6-4-12(10(15)11-9(6)14)16-8(5-13)7-2-3-7/h4,7-8,13H,2-3,5H2,1H3,(H,11,14,15)/t8-/m0/s1. The Morgan fingerprint density at radius 3 is 2.88 bits per heavy atom. The average molecular weight is 226 g/mol. The first-order valence-electron chi connectivity index (χ1n) is 5.22. The van der Waals surface area contributed by atoms with Gasteiger partial charge in [-0.15, -0.1) is 4.73 Å². The van der Waals surface area contributed by atoms with Gasteiger partial charge in [0.25, 0.3) is 5.56 Å². The lowest BCUT2D eigenvalue weighted by Gasteiger charge is -2.16. The van der Waals surface area contributed by atoms with E-state index in [2.05, 4.69) is 4.98 Å². The number of H-pyrrole nitrogens is 1. The number of nitrogens with one attached hydrogen (secondary N) is 1. The number of nitrogens with zero attached hydrogens (tertiary/aromatic N) is 1. The summed E-state index contributed by atoms with van der Waals surface area (Å²) in [7, 11) is 0. The van der Waals surface area contributed by atoms with Crippen LogP contribution in [0.5, 0.6) is 0 Å². The molecule has 1 atom stereocenters. The predicted octanol–water partition coefficient (Wildman–Crippen LogP) is -0.955. The number of hydrogen-bond donors (Lipinski definition) is 2. The van der Waals surface area contributed by atoms with Crippen LogP contribution in [-0.4, -0.2) is 27.5 Å². The summed E-state index contributed by atoms with van der Waals surface area (Å²) >= 11 is 0. The molecule has 0 amide bonds. The summed E-state index contributed by atoms with van der Waals surface area (Å²) < 4.78 is 0.982. The first kappa shape index (κ1) is 10.9. The third kappa shape index (κ3) is 2.16. The monoisotopic (exact) mass is 226 g/mol. The van der Waals surface area contributed by atoms with Gasteiger partial charge < -0.3 is 9.94 Å². The number of aryl methyl sites for hydroxylation is 1. The highest BCUT2D eigenvalue weighted by molar-refractivity contribution is 4.99. The molecule has 0 aliphatic heterocycles. The predicted molar refractivity (Wildman–Crippen MR) is 56.2 cm³/mol. The minimum Gasteiger partial charge on any atom is -0.404 e. The normalized spacial score (nSPS) is 17.1. The second-order valence-electron chi connectivity index (χ2n) is 4.06. The van der Waals surface area contributed by atoms with Gasteiger partial charge in [-0.1, -0.05) is 0 Å². The van der Waals surface area contributed by atoms with Crippen molar-refractivity contribution < 1.29 is 9.94 Å². The highest BCUT2D eigenvalue weighted by Gasteiger charge is 2.33. The summed E-state index contributed by atoms with van der Waals surface area (Å²) in [4.78, 5) is 30.0. The van der Waals surface area contributed by atoms with Crippen LogP contribution in [0.2, 0.25) is 0 Å². The van der Waals surface area contributed by atoms with Crippen LogP contribution in [0.4, 0.5) is 0 Å². The lowest BCUT2D eigenvalue weighted by atomic mass is 10.2. The number of aliphatic hydroxyl groups is 1. The Morgan fingerprint density at radius 1 is 1.62 bits per heavy atom. The number of aliphatic hydroxyl groups excluding tert-OH is 1. The molecule has 1 aromatic rings. The van der Waals surface area contributed by atoms with Crippen molar-refractivity contribution in [3.8, 4) is 0 Å². The Hall–Kier alpha value is -1.56. The van der Waals surface area contributed by atoms with Crippen molar-refractivity contribution in [1.29, 1.82) is 0 Å². The molecule has 0 aromatic carbocycles. The molecule has 1 saturated carbocycles. The molecule has 0 saturated heterocycles. The first-order valence-corrected chi connectivity index (χ1v) is 5.22. The van der Waals surface area contributed by atoms with Crippen LogP contribution < -0.4 is 16.1 Å². The first-order chi connectivity index (χ1) is 7.61. The average Bonchev–Trinajstić information content (AvgIpc) is 3.05. The van der Waals surface area contributed by atoms with E-state index in [1.807, 2.05) is 0 Å². The summed E-state index contributed by atoms with van der Waals surface area (Å²) in [6, 6.07) is 0. The van der Waals surface area contributed by atoms with Crippen LogP contribution in [0.15, 0.2) is 15.8 Å². The zero-order valence-electron chi connectivity index (χ0n) is 8.97. The molecule has 0 bridgehead atoms. The van der Waals surface area contributed by atoms with Gasteiger partial charge in [-0.05, 0) is 19.8 Å². The smallest absolute Gasteiger partial charge is 0.361 e. The lowest BCUT2D eigenvalue weighted by Crippen LogP contribution is -2.40. The summed E-state index contributed by atoms with van der Waals surface area (Å²) in [6.45, 7) is 1.46. The Labute approximate surface area is 91.4 Å². The zero-order chi connectivity index (χ0) is 11.7. The molecule has 6 nitrogen and oxygen atoms in total. The van der Waals surface area contributed by atoms with Crippen molar-refractivity contribution in [2.24, 2.45) is 5.92 Å². The van der Waals surface area contributed by atoms with Crippen LogP contribution in [0.25, 0.3) is 0 Å². The zero-order valence-corrected chi connectivity index (χ0v) is 8.97. The van der Waals surface area contributed by atoms with E-state index in [9.17, 15) is 9.59 Å². The molecule has 2 rings (SSSR count). The summed E-state index contributed by atoms with van der Waals surface area (Å²) in [5, 5.41) is 9.10. The fraction of sp³-hybridized carbons (Fsp3) is 0.600. The van der Waals surface area contributed by atoms with Crippen molar-refractivity contribution in [3.63, 3.8) is 0 Å². The maximum atomic E-state index is 11.4. The van der Waals surface area contributed by atoms with Crippen molar-refractivity contribution in [2.45, 2.75) is 25.9 Å². The largest absolute Gasteiger partial charge is 0.404 e. The SMILES string of the molecule is Cc1cn(O[C@@H](CO)C2CC2)c(=O)[nH]c1=O. The van der Waals surface area contributed by atoms with Crippen molar-refractivity contribution in [2.75, 3.05) is 6.61 Å². The van der Waals surface area contributed by atoms with Gasteiger partial charge in [0.05, 0.1) is 12.8 Å². The number of aromatic amines is 1. The Kier molecular flexibility index (Phi) is 2.82. The van der Waals surface area contributed by atoms with Gasteiger partial charge in [0.2, 0.25) is 0 Å². The second kappa shape index (κ2) is 4.13. The molecule has 1 aromatic heterocycles. The van der Waals surface area contributed by atoms with Gasteiger partial charge >= 0.3 is 5.69 Å². The van der Waals surface area contributed by atoms with E-state index in [1.54, 1.807) is 6.92 Å². The highest BCUT2D eigenvalue weighted by Crippen LogP contribution is 2.32. The number of hydrogen-bond acceptors (Lipinski definition) is 4. The van der Waals surface area contributed by atoms with Crippen molar-refractivity contribution >= 4 is 0 Å². The van der Waals surface area contributed by atoms with Gasteiger partial charge in [0, 0.05) is 11.5 Å². The highest BCUT2D eigenvalue weighted by atomic mass is 16.7. The third-order valence-electron chi connectivity index (χ3n) is 2.67. The van der Waals surface area contributed by atoms with E-state index in [4.69, 9.17) is 9.94 Å². The van der Waals surface area contributed by atoms with E-state index < -0.39 is 11.2 Å². The van der Waals surface area contributed by atoms with Crippen LogP contribution >= 0.6 is 0 Å². The number of rotatable bonds is 4. The molecule has 16 heavy (non-hydrogen) atoms. The van der Waals surface area contributed by atoms with E-state index in [0.717, 1.165) is 17.6 Å². The molecular formula is C10H14N2O4. The second-order valence-corrected chi connectivity index (χ2v) is 4.06. The molecule has 0 unspecified atom stereocenters. The molecule has 6 heteroatoms. The minimum atomic E-state index is -0.616. The molecular weight excluding hydrogens is 212 g/mol. The molecule has 88 valence electrons. The molecule has 2 N–H and O–H groups in total. The third-order valence-corrected chi connectivity index (χ3v) is 2.67. The van der Waals surface area contributed by atoms with Crippen LogP contribution in [0.3, 0.4) is 0 Å². The van der Waals surface area contributed by atoms with Gasteiger partial charge in [0.15, 0.2) is 6.10 Å². The van der Waals surface area contributed by atoms with Crippen molar-refractivity contribution in [3.05, 3.63) is 32.6 Å². The molecule has 1 aliphatic carbocycles. The van der Waals surface area contributed by atoms with E-state index >= 15 is 0 Å². The van der Waals surface area contributed by atoms with E-state index in [0.29, 0.717) is 11.5 Å². The van der Waals surface area contributed by atoms with Gasteiger partial charge in [-0.2, -0.15) is 0 Å². The molecule has 1 aliphatic rings. The molecule has 0 radical (unpaired) electrons. The van der Waals surface area contributed by atoms with E-state index in [-0.39, 0.29) is 12.7 Å². The van der Waals surface area contributed by atoms with Crippen LogP contribution in [0, 0.1) is 12.8 Å². The van der Waals surface area contributed by atoms with Crippen molar-refractivity contribution in [1.82, 2.24) is 9.71 Å². The van der Waals surface area contributed by atoms with E-state index in [1.165, 1.54) is 6.20 Å². The summed E-state index contributed by atoms with van der Waals surface area (Å²) in [5.74, 6) is 0.309. The maximum absolute atomic E-state index is 11.4. The fourth-order valence-electron chi connectivity index (χ4n) is 1.50. The maximum Gasteiger partial charge on any atom is 0.361 e. The topological polar surface area (TPSA) is 84.3 Å². The number of aromatic nitrogens is 2. The van der Waals surface area contributed by atoms with Gasteiger partial charge in [-0.25, -0.2) is 4.79 Å². The lowest BCUT2D eigenvalue weighted by molar-refractivity contribution is -0.0176. The Balaban J connectivity index is 2.23. The Bertz CT molecular complexity index is 486. The molecule has 1 heterocycles. The van der Waals surface area contributed by atoms with Crippen LogP contribution in [0.1, 0.15) is 18.4 Å². The molecule has 1 fully saturated rings. The molecule has 0 spiro atoms. The van der Waals surface area contributed by atoms with Gasteiger partial charge in [0.1, 0.15) is 0 Å². The fourth-order valence-corrected chi connectivity index (χ4v) is 1.50. The van der Waals surface area contributed by atoms with Crippen LogP contribution in [-0.2, 0) is 0 Å². The summed E-state index contributed by atoms with van der Waals surface area (Å²) in [5.41, 5.74) is -0.640.